The summed E-state index contributed by atoms with van der Waals surface area (Å²) in [6, 6.07) is 10.0. The van der Waals surface area contributed by atoms with Gasteiger partial charge in [-0.2, -0.15) is 4.39 Å². The van der Waals surface area contributed by atoms with Gasteiger partial charge in [0.25, 0.3) is 11.8 Å². The number of hydrogen-bond acceptors (Lipinski definition) is 7. The zero-order valence-electron chi connectivity index (χ0n) is 20.1. The Morgan fingerprint density at radius 3 is 2.49 bits per heavy atom. The summed E-state index contributed by atoms with van der Waals surface area (Å²) in [5.41, 5.74) is 10.1. The molecule has 6 N–H and O–H groups in total. The maximum absolute atomic E-state index is 15.5. The highest BCUT2D eigenvalue weighted by Gasteiger charge is 2.28. The molecule has 0 bridgehead atoms. The normalized spacial score (nSPS) is 11.2. The average Bonchev–Trinajstić information content (AvgIpc) is 2.90. The SMILES string of the molecule is CCCOc1cc(OC)cc(C(Nc2ccc(C(=N)N)cc2)C(=O)NNC(=O)c2cccnc2F)c1F. The highest BCUT2D eigenvalue weighted by atomic mass is 19.1. The van der Waals surface area contributed by atoms with Crippen molar-refractivity contribution >= 4 is 23.3 Å². The first-order valence-electron chi connectivity index (χ1n) is 11.2. The summed E-state index contributed by atoms with van der Waals surface area (Å²) in [4.78, 5) is 29.0. The topological polar surface area (TPSA) is 151 Å². The summed E-state index contributed by atoms with van der Waals surface area (Å²) in [6.07, 6.45) is 1.79. The summed E-state index contributed by atoms with van der Waals surface area (Å²) in [5.74, 6) is -3.70. The number of benzene rings is 2. The fourth-order valence-electron chi connectivity index (χ4n) is 3.25. The second kappa shape index (κ2) is 12.3. The predicted octanol–water partition coefficient (Wildman–Crippen LogP) is 3.06. The van der Waals surface area contributed by atoms with E-state index in [2.05, 4.69) is 21.2 Å². The molecule has 0 aliphatic heterocycles. The number of nitrogen functional groups attached to an aromatic ring is 1. The van der Waals surface area contributed by atoms with Crippen LogP contribution in [0.1, 0.15) is 40.9 Å². The molecule has 0 radical (unpaired) electrons. The summed E-state index contributed by atoms with van der Waals surface area (Å²) < 4.78 is 40.1. The Bertz CT molecular complexity index is 1290. The Labute approximate surface area is 211 Å². The third-order valence-corrected chi connectivity index (χ3v) is 5.12. The van der Waals surface area contributed by atoms with E-state index in [1.807, 2.05) is 6.92 Å². The summed E-state index contributed by atoms with van der Waals surface area (Å²) in [7, 11) is 1.38. The number of nitrogens with two attached hydrogens (primary N) is 1. The Morgan fingerprint density at radius 2 is 1.86 bits per heavy atom. The second-order valence-electron chi connectivity index (χ2n) is 7.73. The number of amides is 2. The van der Waals surface area contributed by atoms with Crippen molar-refractivity contribution in [2.24, 2.45) is 5.73 Å². The lowest BCUT2D eigenvalue weighted by Gasteiger charge is -2.22. The minimum Gasteiger partial charge on any atom is -0.497 e. The van der Waals surface area contributed by atoms with Gasteiger partial charge in [-0.15, -0.1) is 0 Å². The van der Waals surface area contributed by atoms with E-state index < -0.39 is 35.2 Å². The van der Waals surface area contributed by atoms with Crippen LogP contribution in [0.5, 0.6) is 11.5 Å². The number of carbonyl (C=O) groups is 2. The first-order chi connectivity index (χ1) is 17.7. The van der Waals surface area contributed by atoms with Crippen molar-refractivity contribution in [2.75, 3.05) is 19.0 Å². The molecule has 0 aliphatic rings. The van der Waals surface area contributed by atoms with Crippen molar-refractivity contribution in [3.8, 4) is 11.5 Å². The molecule has 0 saturated heterocycles. The number of aromatic nitrogens is 1. The van der Waals surface area contributed by atoms with Crippen molar-refractivity contribution in [3.63, 3.8) is 0 Å². The van der Waals surface area contributed by atoms with Crippen molar-refractivity contribution in [3.05, 3.63) is 83.2 Å². The van der Waals surface area contributed by atoms with E-state index in [1.165, 1.54) is 37.6 Å². The molecule has 0 spiro atoms. The zero-order chi connectivity index (χ0) is 26.9. The molecule has 1 heterocycles. The number of ether oxygens (including phenoxy) is 2. The number of amidine groups is 1. The van der Waals surface area contributed by atoms with Crippen LogP contribution in [-0.4, -0.2) is 36.4 Å². The number of methoxy groups -OCH3 is 1. The number of hydrazine groups is 1. The lowest BCUT2D eigenvalue weighted by Crippen LogP contribution is -2.46. The van der Waals surface area contributed by atoms with Gasteiger partial charge < -0.3 is 20.5 Å². The van der Waals surface area contributed by atoms with Gasteiger partial charge in [0.2, 0.25) is 5.95 Å². The van der Waals surface area contributed by atoms with Crippen molar-refractivity contribution in [1.29, 1.82) is 5.41 Å². The van der Waals surface area contributed by atoms with Crippen LogP contribution >= 0.6 is 0 Å². The van der Waals surface area contributed by atoms with Crippen LogP contribution in [0.25, 0.3) is 0 Å². The van der Waals surface area contributed by atoms with Crippen LogP contribution in [0.15, 0.2) is 54.7 Å². The number of hydrogen-bond donors (Lipinski definition) is 5. The van der Waals surface area contributed by atoms with Gasteiger partial charge >= 0.3 is 0 Å². The Morgan fingerprint density at radius 1 is 1.14 bits per heavy atom. The van der Waals surface area contributed by atoms with Gasteiger partial charge in [-0.3, -0.25) is 25.8 Å². The van der Waals surface area contributed by atoms with Gasteiger partial charge in [-0.1, -0.05) is 6.92 Å². The largest absolute Gasteiger partial charge is 0.497 e. The van der Waals surface area contributed by atoms with E-state index >= 15 is 4.39 Å². The van der Waals surface area contributed by atoms with Crippen LogP contribution < -0.4 is 31.4 Å². The molecule has 3 rings (SSSR count). The molecule has 194 valence electrons. The molecular formula is C25H26F2N6O4. The molecule has 0 saturated carbocycles. The minimum atomic E-state index is -1.40. The lowest BCUT2D eigenvalue weighted by atomic mass is 10.0. The highest BCUT2D eigenvalue weighted by Crippen LogP contribution is 2.33. The Balaban J connectivity index is 1.95. The number of halogens is 2. The molecule has 1 aromatic heterocycles. The predicted molar refractivity (Wildman–Crippen MR) is 132 cm³/mol. The maximum Gasteiger partial charge on any atom is 0.274 e. The molecule has 1 unspecified atom stereocenters. The molecule has 3 aromatic rings. The van der Waals surface area contributed by atoms with Crippen molar-refractivity contribution in [1.82, 2.24) is 15.8 Å². The van der Waals surface area contributed by atoms with Gasteiger partial charge in [-0.05, 0) is 48.9 Å². The molecule has 12 heteroatoms. The standard InChI is InChI=1S/C25H26F2N6O4/c1-3-11-37-19-13-16(36-2)12-18(20(19)26)21(31-15-8-6-14(7-9-15)23(28)29)25(35)33-32-24(34)17-5-4-10-30-22(17)27/h4-10,12-13,21,31H,3,11H2,1-2H3,(H3,28,29)(H,32,34)(H,33,35). The molecule has 10 nitrogen and oxygen atoms in total. The second-order valence-corrected chi connectivity index (χ2v) is 7.73. The van der Waals surface area contributed by atoms with Gasteiger partial charge in [0.15, 0.2) is 11.6 Å². The first kappa shape index (κ1) is 26.9. The summed E-state index contributed by atoms with van der Waals surface area (Å²) >= 11 is 0. The van der Waals surface area contributed by atoms with Crippen LogP contribution in [0, 0.1) is 17.2 Å². The third kappa shape index (κ3) is 6.69. The monoisotopic (exact) mass is 512 g/mol. The van der Waals surface area contributed by atoms with Gasteiger partial charge in [0.1, 0.15) is 17.6 Å². The Hall–Kier alpha value is -4.74. The molecule has 2 aromatic carbocycles. The fourth-order valence-corrected chi connectivity index (χ4v) is 3.25. The zero-order valence-corrected chi connectivity index (χ0v) is 20.1. The fraction of sp³-hybridized carbons (Fsp3) is 0.200. The molecule has 0 fully saturated rings. The van der Waals surface area contributed by atoms with Crippen LogP contribution in [0.2, 0.25) is 0 Å². The molecular weight excluding hydrogens is 486 g/mol. The number of nitrogens with one attached hydrogen (secondary N) is 4. The van der Waals surface area contributed by atoms with Gasteiger partial charge in [-0.25, -0.2) is 9.37 Å². The number of nitrogens with zero attached hydrogens (tertiary/aromatic N) is 1. The van der Waals surface area contributed by atoms with Gasteiger partial charge in [0.05, 0.1) is 19.3 Å². The van der Waals surface area contributed by atoms with Crippen LogP contribution in [0.3, 0.4) is 0 Å². The van der Waals surface area contributed by atoms with Crippen molar-refractivity contribution in [2.45, 2.75) is 19.4 Å². The van der Waals surface area contributed by atoms with E-state index in [9.17, 15) is 14.0 Å². The molecule has 1 atom stereocenters. The van der Waals surface area contributed by atoms with E-state index in [0.29, 0.717) is 17.7 Å². The highest BCUT2D eigenvalue weighted by molar-refractivity contribution is 5.97. The Kier molecular flexibility index (Phi) is 8.92. The molecule has 2 amide bonds. The van der Waals surface area contributed by atoms with E-state index in [4.69, 9.17) is 20.6 Å². The third-order valence-electron chi connectivity index (χ3n) is 5.12. The maximum atomic E-state index is 15.5. The van der Waals surface area contributed by atoms with E-state index in [0.717, 1.165) is 0 Å². The first-order valence-corrected chi connectivity index (χ1v) is 11.2. The van der Waals surface area contributed by atoms with Crippen LogP contribution in [-0.2, 0) is 4.79 Å². The van der Waals surface area contributed by atoms with Crippen molar-refractivity contribution < 1.29 is 27.8 Å². The van der Waals surface area contributed by atoms with Crippen LogP contribution in [0.4, 0.5) is 14.5 Å². The van der Waals surface area contributed by atoms with E-state index in [-0.39, 0.29) is 29.5 Å². The quantitative estimate of drug-likeness (QED) is 0.121. The van der Waals surface area contributed by atoms with Gasteiger partial charge in [0, 0.05) is 29.1 Å². The summed E-state index contributed by atoms with van der Waals surface area (Å²) in [6.45, 7) is 2.09. The molecule has 37 heavy (non-hydrogen) atoms. The smallest absolute Gasteiger partial charge is 0.274 e. The number of rotatable bonds is 10. The number of anilines is 1. The minimum absolute atomic E-state index is 0.121. The summed E-state index contributed by atoms with van der Waals surface area (Å²) in [5, 5.41) is 10.4. The molecule has 0 aliphatic carbocycles. The average molecular weight is 513 g/mol. The number of pyridine rings is 1. The lowest BCUT2D eigenvalue weighted by molar-refractivity contribution is -0.122. The van der Waals surface area contributed by atoms with E-state index in [1.54, 1.807) is 24.3 Å². The number of carbonyl (C=O) groups excluding carboxylic acids is 2.